The first-order chi connectivity index (χ1) is 12.1. The molecule has 0 aromatic carbocycles. The van der Waals surface area contributed by atoms with Crippen LogP contribution in [0.2, 0.25) is 0 Å². The largest absolute Gasteiger partial charge is 0.469 e. The fourth-order valence-electron chi connectivity index (χ4n) is 3.17. The molecule has 0 aromatic rings. The standard InChI is InChI=1S/C16H27N3O5S/c1-23-13(20)7-3-2-6-12-14-11(10-25-12)18-15(21)19(14)16(22)24-9-5-4-8-17/h11-12,14H,2-10,17H2,1H3,(H,18,21)/t11-,12-,14-/m0/s1. The van der Waals surface area contributed by atoms with Crippen molar-refractivity contribution in [3.8, 4) is 0 Å². The number of fused-ring (bicyclic) bond motifs is 1. The van der Waals surface area contributed by atoms with E-state index >= 15 is 0 Å². The summed E-state index contributed by atoms with van der Waals surface area (Å²) in [6.45, 7) is 0.824. The molecule has 2 aliphatic heterocycles. The summed E-state index contributed by atoms with van der Waals surface area (Å²) in [5.41, 5.74) is 5.42. The number of nitrogens with one attached hydrogen (secondary N) is 1. The van der Waals surface area contributed by atoms with Gasteiger partial charge < -0.3 is 20.5 Å². The van der Waals surface area contributed by atoms with E-state index in [9.17, 15) is 14.4 Å². The molecule has 142 valence electrons. The lowest BCUT2D eigenvalue weighted by atomic mass is 10.0. The highest BCUT2D eigenvalue weighted by Gasteiger charge is 2.51. The van der Waals surface area contributed by atoms with Crippen molar-refractivity contribution in [3.05, 3.63) is 0 Å². The van der Waals surface area contributed by atoms with Crippen LogP contribution in [0.3, 0.4) is 0 Å². The van der Waals surface area contributed by atoms with E-state index < -0.39 is 6.09 Å². The van der Waals surface area contributed by atoms with Gasteiger partial charge in [0, 0.05) is 17.4 Å². The Labute approximate surface area is 152 Å². The number of esters is 1. The number of carbonyl (C=O) groups excluding carboxylic acids is 3. The van der Waals surface area contributed by atoms with Gasteiger partial charge in [-0.1, -0.05) is 6.42 Å². The van der Waals surface area contributed by atoms with Crippen LogP contribution in [-0.4, -0.2) is 66.3 Å². The van der Waals surface area contributed by atoms with Gasteiger partial charge in [0.1, 0.15) is 0 Å². The summed E-state index contributed by atoms with van der Waals surface area (Å²) >= 11 is 1.76. The first kappa shape index (κ1) is 19.8. The Morgan fingerprint density at radius 3 is 2.84 bits per heavy atom. The molecule has 0 aliphatic carbocycles. The van der Waals surface area contributed by atoms with E-state index in [1.54, 1.807) is 11.8 Å². The molecule has 0 aromatic heterocycles. The fraction of sp³-hybridized carbons (Fsp3) is 0.812. The number of hydrogen-bond donors (Lipinski definition) is 2. The van der Waals surface area contributed by atoms with Gasteiger partial charge in [0.15, 0.2) is 0 Å². The zero-order valence-corrected chi connectivity index (χ0v) is 15.4. The minimum Gasteiger partial charge on any atom is -0.469 e. The molecule has 3 amide bonds. The normalized spacial score (nSPS) is 24.8. The highest BCUT2D eigenvalue weighted by molar-refractivity contribution is 8.00. The maximum absolute atomic E-state index is 12.3. The number of nitrogens with zero attached hydrogens (tertiary/aromatic N) is 1. The topological polar surface area (TPSA) is 111 Å². The molecule has 25 heavy (non-hydrogen) atoms. The van der Waals surface area contributed by atoms with Crippen LogP contribution in [-0.2, 0) is 14.3 Å². The SMILES string of the molecule is COC(=O)CCCC[C@@H]1SC[C@@H]2NC(=O)N(C(=O)OCCCCN)[C@@H]21. The number of carbonyl (C=O) groups is 3. The summed E-state index contributed by atoms with van der Waals surface area (Å²) < 4.78 is 9.86. The third kappa shape index (κ3) is 5.24. The van der Waals surface area contributed by atoms with Crippen molar-refractivity contribution in [2.24, 2.45) is 5.73 Å². The van der Waals surface area contributed by atoms with Gasteiger partial charge in [-0.3, -0.25) is 4.79 Å². The molecule has 2 heterocycles. The Morgan fingerprint density at radius 2 is 2.12 bits per heavy atom. The van der Waals surface area contributed by atoms with Crippen LogP contribution in [0.5, 0.6) is 0 Å². The molecule has 0 unspecified atom stereocenters. The lowest BCUT2D eigenvalue weighted by molar-refractivity contribution is -0.140. The second-order valence-corrected chi connectivity index (χ2v) is 7.49. The van der Waals surface area contributed by atoms with Crippen molar-refractivity contribution in [2.45, 2.75) is 55.9 Å². The van der Waals surface area contributed by atoms with Crippen LogP contribution in [0.4, 0.5) is 9.59 Å². The molecule has 2 saturated heterocycles. The van der Waals surface area contributed by atoms with Crippen molar-refractivity contribution in [1.29, 1.82) is 0 Å². The highest BCUT2D eigenvalue weighted by Crippen LogP contribution is 2.37. The molecule has 8 nitrogen and oxygen atoms in total. The molecule has 2 rings (SSSR count). The second kappa shape index (κ2) is 9.86. The molecule has 2 fully saturated rings. The second-order valence-electron chi connectivity index (χ2n) is 6.22. The summed E-state index contributed by atoms with van der Waals surface area (Å²) in [7, 11) is 1.38. The van der Waals surface area contributed by atoms with E-state index in [0.29, 0.717) is 19.4 Å². The quantitative estimate of drug-likeness (QED) is 0.358. The van der Waals surface area contributed by atoms with Crippen molar-refractivity contribution < 1.29 is 23.9 Å². The predicted molar refractivity (Wildman–Crippen MR) is 94.3 cm³/mol. The van der Waals surface area contributed by atoms with Crippen LogP contribution >= 0.6 is 11.8 Å². The van der Waals surface area contributed by atoms with Gasteiger partial charge >= 0.3 is 18.1 Å². The van der Waals surface area contributed by atoms with Crippen molar-refractivity contribution >= 4 is 29.9 Å². The number of rotatable bonds is 9. The van der Waals surface area contributed by atoms with Gasteiger partial charge in [-0.05, 0) is 32.2 Å². The van der Waals surface area contributed by atoms with E-state index in [4.69, 9.17) is 10.5 Å². The number of methoxy groups -OCH3 is 1. The molecule has 2 aliphatic rings. The lowest BCUT2D eigenvalue weighted by Gasteiger charge is -2.25. The van der Waals surface area contributed by atoms with E-state index in [1.165, 1.54) is 12.0 Å². The molecule has 3 atom stereocenters. The average Bonchev–Trinajstić information content (AvgIpc) is 3.13. The zero-order valence-electron chi connectivity index (χ0n) is 14.6. The minimum absolute atomic E-state index is 0.0281. The third-order valence-corrected chi connectivity index (χ3v) is 5.97. The molecule has 0 saturated carbocycles. The van der Waals surface area contributed by atoms with E-state index in [2.05, 4.69) is 10.1 Å². The minimum atomic E-state index is -0.580. The number of nitrogens with two attached hydrogens (primary N) is 1. The summed E-state index contributed by atoms with van der Waals surface area (Å²) in [5.74, 6) is 0.576. The van der Waals surface area contributed by atoms with Crippen LogP contribution in [0.15, 0.2) is 0 Å². The number of ether oxygens (including phenoxy) is 2. The Kier molecular flexibility index (Phi) is 7.83. The number of unbranched alkanes of at least 4 members (excludes halogenated alkanes) is 2. The van der Waals surface area contributed by atoms with Crippen molar-refractivity contribution in [1.82, 2.24) is 10.2 Å². The van der Waals surface area contributed by atoms with Crippen molar-refractivity contribution in [2.75, 3.05) is 26.0 Å². The number of urea groups is 1. The van der Waals surface area contributed by atoms with Gasteiger partial charge in [0.2, 0.25) is 0 Å². The number of imide groups is 1. The summed E-state index contributed by atoms with van der Waals surface area (Å²) in [6, 6.07) is -0.587. The third-order valence-electron chi connectivity index (χ3n) is 4.48. The smallest absolute Gasteiger partial charge is 0.418 e. The number of amides is 3. The molecule has 0 radical (unpaired) electrons. The van der Waals surface area contributed by atoms with Gasteiger partial charge in [-0.25, -0.2) is 14.5 Å². The van der Waals surface area contributed by atoms with Gasteiger partial charge in [0.05, 0.1) is 25.8 Å². The summed E-state index contributed by atoms with van der Waals surface area (Å²) in [5, 5.41) is 3.03. The molecular weight excluding hydrogens is 346 g/mol. The zero-order chi connectivity index (χ0) is 18.2. The first-order valence-corrected chi connectivity index (χ1v) is 9.78. The fourth-order valence-corrected chi connectivity index (χ4v) is 4.75. The Bertz CT molecular complexity index is 490. The van der Waals surface area contributed by atoms with Crippen molar-refractivity contribution in [3.63, 3.8) is 0 Å². The van der Waals surface area contributed by atoms with E-state index in [0.717, 1.165) is 31.4 Å². The van der Waals surface area contributed by atoms with Gasteiger partial charge in [-0.15, -0.1) is 0 Å². The Balaban J connectivity index is 1.84. The van der Waals surface area contributed by atoms with Crippen LogP contribution in [0.25, 0.3) is 0 Å². The Hall–Kier alpha value is -1.48. The summed E-state index contributed by atoms with van der Waals surface area (Å²) in [4.78, 5) is 36.8. The number of hydrogen-bond acceptors (Lipinski definition) is 7. The molecular formula is C16H27N3O5S. The van der Waals surface area contributed by atoms with E-state index in [1.807, 2.05) is 0 Å². The highest BCUT2D eigenvalue weighted by atomic mass is 32.2. The monoisotopic (exact) mass is 373 g/mol. The maximum Gasteiger partial charge on any atom is 0.418 e. The summed E-state index contributed by atoms with van der Waals surface area (Å²) in [6.07, 6.45) is 3.72. The first-order valence-electron chi connectivity index (χ1n) is 8.73. The maximum atomic E-state index is 12.3. The van der Waals surface area contributed by atoms with E-state index in [-0.39, 0.29) is 35.9 Å². The van der Waals surface area contributed by atoms with Crippen LogP contribution in [0, 0.1) is 0 Å². The lowest BCUT2D eigenvalue weighted by Crippen LogP contribution is -2.45. The molecule has 3 N–H and O–H groups in total. The molecule has 0 spiro atoms. The predicted octanol–water partition coefficient (Wildman–Crippen LogP) is 1.47. The number of thioether (sulfide) groups is 1. The molecule has 0 bridgehead atoms. The average molecular weight is 373 g/mol. The Morgan fingerprint density at radius 1 is 1.32 bits per heavy atom. The van der Waals surface area contributed by atoms with Gasteiger partial charge in [-0.2, -0.15) is 11.8 Å². The molecule has 9 heteroatoms. The van der Waals surface area contributed by atoms with Crippen LogP contribution in [0.1, 0.15) is 38.5 Å². The van der Waals surface area contributed by atoms with Crippen LogP contribution < -0.4 is 11.1 Å². The van der Waals surface area contributed by atoms with Gasteiger partial charge in [0.25, 0.3) is 0 Å².